The number of piperidine rings is 1. The molecule has 17 heavy (non-hydrogen) atoms. The van der Waals surface area contributed by atoms with Gasteiger partial charge in [-0.1, -0.05) is 23.2 Å². The fraction of sp³-hybridized carbons (Fsp3) is 0.556. The molecule has 0 aliphatic carbocycles. The molecular weight excluding hydrogens is 291 g/mol. The summed E-state index contributed by atoms with van der Waals surface area (Å²) < 4.78 is 14.7. The molecule has 0 unspecified atom stereocenters. The second-order valence-electron chi connectivity index (χ2n) is 3.63. The standard InChI is InChI=1S/C9H10Cl2FN3O.ClH/c10-5-3-14-15(9(16)8(5)11)7-1-2-13-4-6(7)12;/h3,6-7,13H,1-2,4H2;1H/t6-,7+;/m1./s1. The zero-order valence-electron chi connectivity index (χ0n) is 8.70. The van der Waals surface area contributed by atoms with E-state index in [0.29, 0.717) is 13.0 Å². The van der Waals surface area contributed by atoms with Gasteiger partial charge >= 0.3 is 0 Å². The Morgan fingerprint density at radius 2 is 2.24 bits per heavy atom. The van der Waals surface area contributed by atoms with E-state index in [4.69, 9.17) is 23.2 Å². The van der Waals surface area contributed by atoms with Crippen molar-refractivity contribution in [2.45, 2.75) is 18.6 Å². The monoisotopic (exact) mass is 301 g/mol. The molecule has 0 spiro atoms. The smallest absolute Gasteiger partial charge is 0.287 e. The lowest BCUT2D eigenvalue weighted by Crippen LogP contribution is -2.43. The van der Waals surface area contributed by atoms with E-state index in [1.165, 1.54) is 6.20 Å². The third kappa shape index (κ3) is 2.91. The number of halogens is 4. The van der Waals surface area contributed by atoms with Crippen molar-refractivity contribution in [3.8, 4) is 0 Å². The first kappa shape index (κ1) is 14.7. The van der Waals surface area contributed by atoms with Crippen LogP contribution in [0.25, 0.3) is 0 Å². The minimum absolute atomic E-state index is 0. The highest BCUT2D eigenvalue weighted by Gasteiger charge is 2.28. The molecule has 2 atom stereocenters. The minimum Gasteiger partial charge on any atom is -0.314 e. The fourth-order valence-corrected chi connectivity index (χ4v) is 2.00. The lowest BCUT2D eigenvalue weighted by atomic mass is 10.1. The molecule has 2 rings (SSSR count). The fourth-order valence-electron chi connectivity index (χ4n) is 1.74. The van der Waals surface area contributed by atoms with Crippen molar-refractivity contribution in [1.82, 2.24) is 15.1 Å². The van der Waals surface area contributed by atoms with Crippen molar-refractivity contribution < 1.29 is 4.39 Å². The van der Waals surface area contributed by atoms with E-state index >= 15 is 0 Å². The molecular formula is C9H11Cl3FN3O. The van der Waals surface area contributed by atoms with E-state index in [1.807, 2.05) is 0 Å². The Labute approximate surface area is 114 Å². The van der Waals surface area contributed by atoms with E-state index in [0.717, 1.165) is 4.68 Å². The van der Waals surface area contributed by atoms with Crippen molar-refractivity contribution in [2.24, 2.45) is 0 Å². The van der Waals surface area contributed by atoms with Gasteiger partial charge in [-0.15, -0.1) is 12.4 Å². The summed E-state index contributed by atoms with van der Waals surface area (Å²) in [6.07, 6.45) is 0.628. The lowest BCUT2D eigenvalue weighted by molar-refractivity contribution is 0.168. The summed E-state index contributed by atoms with van der Waals surface area (Å²) in [6.45, 7) is 0.873. The topological polar surface area (TPSA) is 46.9 Å². The molecule has 2 heterocycles. The van der Waals surface area contributed by atoms with Gasteiger partial charge in [0.1, 0.15) is 11.2 Å². The zero-order valence-corrected chi connectivity index (χ0v) is 11.0. The first-order chi connectivity index (χ1) is 7.61. The number of hydrogen-bond donors (Lipinski definition) is 1. The van der Waals surface area contributed by atoms with Crippen molar-refractivity contribution in [2.75, 3.05) is 13.1 Å². The number of nitrogens with one attached hydrogen (secondary N) is 1. The summed E-state index contributed by atoms with van der Waals surface area (Å²) >= 11 is 11.4. The third-order valence-electron chi connectivity index (χ3n) is 2.59. The highest BCUT2D eigenvalue weighted by atomic mass is 35.5. The second kappa shape index (κ2) is 6.00. The van der Waals surface area contributed by atoms with Gasteiger partial charge in [-0.2, -0.15) is 5.10 Å². The maximum absolute atomic E-state index is 13.6. The molecule has 8 heteroatoms. The van der Waals surface area contributed by atoms with Gasteiger partial charge in [-0.05, 0) is 13.0 Å². The first-order valence-electron chi connectivity index (χ1n) is 4.89. The van der Waals surface area contributed by atoms with E-state index in [2.05, 4.69) is 10.4 Å². The number of hydrogen-bond acceptors (Lipinski definition) is 3. The number of rotatable bonds is 1. The Morgan fingerprint density at radius 1 is 1.53 bits per heavy atom. The molecule has 1 aliphatic rings. The second-order valence-corrected chi connectivity index (χ2v) is 4.42. The average molecular weight is 303 g/mol. The van der Waals surface area contributed by atoms with Crippen LogP contribution in [0.5, 0.6) is 0 Å². The van der Waals surface area contributed by atoms with E-state index in [1.54, 1.807) is 0 Å². The van der Waals surface area contributed by atoms with Crippen LogP contribution in [0.4, 0.5) is 4.39 Å². The molecule has 0 bridgehead atoms. The van der Waals surface area contributed by atoms with Crippen LogP contribution in [-0.4, -0.2) is 29.0 Å². The molecule has 0 aromatic carbocycles. The summed E-state index contributed by atoms with van der Waals surface area (Å²) in [5.74, 6) is 0. The Bertz CT molecular complexity index is 454. The van der Waals surface area contributed by atoms with Gasteiger partial charge in [0.25, 0.3) is 5.56 Å². The molecule has 1 aromatic heterocycles. The molecule has 0 saturated carbocycles. The summed E-state index contributed by atoms with van der Waals surface area (Å²) in [5.41, 5.74) is -0.538. The normalized spacial score (nSPS) is 24.2. The minimum atomic E-state index is -1.14. The number of nitrogens with zero attached hydrogens (tertiary/aromatic N) is 2. The highest BCUT2D eigenvalue weighted by Crippen LogP contribution is 2.21. The largest absolute Gasteiger partial charge is 0.314 e. The molecule has 1 aliphatic heterocycles. The van der Waals surface area contributed by atoms with Gasteiger partial charge in [0.05, 0.1) is 17.3 Å². The van der Waals surface area contributed by atoms with Crippen LogP contribution in [0.3, 0.4) is 0 Å². The van der Waals surface area contributed by atoms with Gasteiger partial charge in [0, 0.05) is 6.54 Å². The summed E-state index contributed by atoms with van der Waals surface area (Å²) in [5, 5.41) is 6.72. The zero-order chi connectivity index (χ0) is 11.7. The molecule has 0 amide bonds. The van der Waals surface area contributed by atoms with Crippen LogP contribution in [-0.2, 0) is 0 Å². The van der Waals surface area contributed by atoms with E-state index in [9.17, 15) is 9.18 Å². The van der Waals surface area contributed by atoms with Crippen LogP contribution in [0.15, 0.2) is 11.0 Å². The van der Waals surface area contributed by atoms with Crippen molar-refractivity contribution >= 4 is 35.6 Å². The van der Waals surface area contributed by atoms with Crippen LogP contribution in [0, 0.1) is 0 Å². The molecule has 1 fully saturated rings. The van der Waals surface area contributed by atoms with E-state index < -0.39 is 17.8 Å². The summed E-state index contributed by atoms with van der Waals surface area (Å²) in [6, 6.07) is -0.566. The van der Waals surface area contributed by atoms with Crippen molar-refractivity contribution in [1.29, 1.82) is 0 Å². The Hall–Kier alpha value is -0.360. The van der Waals surface area contributed by atoms with E-state index in [-0.39, 0.29) is 29.0 Å². The average Bonchev–Trinajstić information content (AvgIpc) is 2.28. The predicted octanol–water partition coefficient (Wildman–Crippen LogP) is 1.84. The Morgan fingerprint density at radius 3 is 2.88 bits per heavy atom. The van der Waals surface area contributed by atoms with Crippen molar-refractivity contribution in [3.05, 3.63) is 26.6 Å². The van der Waals surface area contributed by atoms with Gasteiger partial charge in [-0.3, -0.25) is 4.79 Å². The summed E-state index contributed by atoms with van der Waals surface area (Å²) in [4.78, 5) is 11.7. The van der Waals surface area contributed by atoms with Gasteiger partial charge in [0.15, 0.2) is 0 Å². The number of alkyl halides is 1. The Kier molecular flexibility index (Phi) is 5.19. The lowest BCUT2D eigenvalue weighted by Gasteiger charge is -2.27. The van der Waals surface area contributed by atoms with Crippen LogP contribution >= 0.6 is 35.6 Å². The van der Waals surface area contributed by atoms with Crippen LogP contribution in [0.2, 0.25) is 10.0 Å². The van der Waals surface area contributed by atoms with Gasteiger partial charge in [0.2, 0.25) is 0 Å². The molecule has 1 N–H and O–H groups in total. The predicted molar refractivity (Wildman–Crippen MR) is 67.2 cm³/mol. The molecule has 4 nitrogen and oxygen atoms in total. The quantitative estimate of drug-likeness (QED) is 0.861. The summed E-state index contributed by atoms with van der Waals surface area (Å²) in [7, 11) is 0. The van der Waals surface area contributed by atoms with Gasteiger partial charge < -0.3 is 5.32 Å². The maximum Gasteiger partial charge on any atom is 0.287 e. The first-order valence-corrected chi connectivity index (χ1v) is 5.64. The highest BCUT2D eigenvalue weighted by molar-refractivity contribution is 6.41. The molecule has 96 valence electrons. The SMILES string of the molecule is Cl.O=c1c(Cl)c(Cl)cnn1[C@H]1CCNC[C@H]1F. The van der Waals surface area contributed by atoms with Crippen LogP contribution in [0.1, 0.15) is 12.5 Å². The third-order valence-corrected chi connectivity index (χ3v) is 3.34. The molecule has 1 saturated heterocycles. The van der Waals surface area contributed by atoms with Gasteiger partial charge in [-0.25, -0.2) is 9.07 Å². The number of aromatic nitrogens is 2. The van der Waals surface area contributed by atoms with Crippen LogP contribution < -0.4 is 10.9 Å². The molecule has 0 radical (unpaired) electrons. The van der Waals surface area contributed by atoms with Crippen molar-refractivity contribution in [3.63, 3.8) is 0 Å². The Balaban J connectivity index is 0.00000144. The molecule has 1 aromatic rings. The maximum atomic E-state index is 13.6.